The highest BCUT2D eigenvalue weighted by molar-refractivity contribution is 5.75. The van der Waals surface area contributed by atoms with E-state index >= 15 is 0 Å². The molecule has 5 heteroatoms. The minimum Gasteiger partial charge on any atom is -0.489 e. The van der Waals surface area contributed by atoms with Crippen LogP contribution in [0.3, 0.4) is 0 Å². The van der Waals surface area contributed by atoms with Crippen molar-refractivity contribution < 1.29 is 22.7 Å². The number of allylic oxidation sites excluding steroid dienone is 1. The van der Waals surface area contributed by atoms with Crippen LogP contribution in [0, 0.1) is 0 Å². The summed E-state index contributed by atoms with van der Waals surface area (Å²) in [5.41, 5.74) is -0.0146. The summed E-state index contributed by atoms with van der Waals surface area (Å²) in [6, 6.07) is 3.23. The zero-order chi connectivity index (χ0) is 13.8. The van der Waals surface area contributed by atoms with Crippen molar-refractivity contribution in [2.45, 2.75) is 20.0 Å². The standard InChI is InChI=1S/C13H13F3O2/c1-9(2)5-6-18-12-4-3-10(8-17)7-11(12)13(14,15)16/h3-5,7-8H,6H2,1-2H3. The summed E-state index contributed by atoms with van der Waals surface area (Å²) in [7, 11) is 0. The number of alkyl halides is 3. The van der Waals surface area contributed by atoms with Gasteiger partial charge >= 0.3 is 6.18 Å². The van der Waals surface area contributed by atoms with E-state index in [4.69, 9.17) is 4.74 Å². The molecule has 0 spiro atoms. The molecule has 0 bridgehead atoms. The fourth-order valence-electron chi connectivity index (χ4n) is 1.27. The van der Waals surface area contributed by atoms with Crippen molar-refractivity contribution in [3.05, 3.63) is 41.0 Å². The molecule has 0 atom stereocenters. The molecule has 0 heterocycles. The van der Waals surface area contributed by atoms with Crippen molar-refractivity contribution in [2.24, 2.45) is 0 Å². The van der Waals surface area contributed by atoms with E-state index in [-0.39, 0.29) is 17.9 Å². The van der Waals surface area contributed by atoms with E-state index in [1.807, 2.05) is 13.8 Å². The largest absolute Gasteiger partial charge is 0.489 e. The number of benzene rings is 1. The number of hydrogen-bond donors (Lipinski definition) is 0. The summed E-state index contributed by atoms with van der Waals surface area (Å²) in [6.45, 7) is 3.71. The molecule has 0 aliphatic rings. The first-order chi connectivity index (χ1) is 8.34. The monoisotopic (exact) mass is 258 g/mol. The van der Waals surface area contributed by atoms with Crippen LogP contribution in [-0.2, 0) is 6.18 Å². The van der Waals surface area contributed by atoms with E-state index < -0.39 is 11.7 Å². The molecular formula is C13H13F3O2. The number of ether oxygens (including phenoxy) is 1. The quantitative estimate of drug-likeness (QED) is 0.605. The number of carbonyl (C=O) groups excluding carboxylic acids is 1. The lowest BCUT2D eigenvalue weighted by molar-refractivity contribution is -0.138. The third-order valence-electron chi connectivity index (χ3n) is 2.18. The lowest BCUT2D eigenvalue weighted by atomic mass is 10.1. The number of hydrogen-bond acceptors (Lipinski definition) is 2. The Balaban J connectivity index is 3.03. The molecule has 0 aromatic heterocycles. The average molecular weight is 258 g/mol. The second-order valence-electron chi connectivity index (χ2n) is 3.96. The van der Waals surface area contributed by atoms with Gasteiger partial charge in [0, 0.05) is 5.56 Å². The van der Waals surface area contributed by atoms with E-state index in [1.54, 1.807) is 6.08 Å². The van der Waals surface area contributed by atoms with Crippen LogP contribution in [0.25, 0.3) is 0 Å². The second kappa shape index (κ2) is 5.71. The Morgan fingerprint density at radius 3 is 2.50 bits per heavy atom. The molecule has 0 amide bonds. The molecule has 0 fully saturated rings. The van der Waals surface area contributed by atoms with Gasteiger partial charge in [0.25, 0.3) is 0 Å². The van der Waals surface area contributed by atoms with E-state index in [2.05, 4.69) is 0 Å². The van der Waals surface area contributed by atoms with Crippen molar-refractivity contribution in [1.29, 1.82) is 0 Å². The van der Waals surface area contributed by atoms with Crippen LogP contribution in [0.2, 0.25) is 0 Å². The van der Waals surface area contributed by atoms with Crippen LogP contribution in [0.15, 0.2) is 29.8 Å². The van der Waals surface area contributed by atoms with Crippen molar-refractivity contribution >= 4 is 6.29 Å². The zero-order valence-electron chi connectivity index (χ0n) is 10.0. The molecule has 0 aliphatic heterocycles. The molecule has 0 aliphatic carbocycles. The molecule has 1 aromatic rings. The van der Waals surface area contributed by atoms with E-state index in [0.29, 0.717) is 6.29 Å². The van der Waals surface area contributed by atoms with Gasteiger partial charge in [0.05, 0.1) is 5.56 Å². The van der Waals surface area contributed by atoms with Crippen molar-refractivity contribution in [3.63, 3.8) is 0 Å². The summed E-state index contributed by atoms with van der Waals surface area (Å²) >= 11 is 0. The van der Waals surface area contributed by atoms with Crippen molar-refractivity contribution in [3.8, 4) is 5.75 Å². The maximum absolute atomic E-state index is 12.7. The van der Waals surface area contributed by atoms with Gasteiger partial charge in [-0.1, -0.05) is 5.57 Å². The van der Waals surface area contributed by atoms with Gasteiger partial charge in [0.2, 0.25) is 0 Å². The zero-order valence-corrected chi connectivity index (χ0v) is 10.0. The van der Waals surface area contributed by atoms with Gasteiger partial charge in [-0.15, -0.1) is 0 Å². The Hall–Kier alpha value is -1.78. The third kappa shape index (κ3) is 3.91. The summed E-state index contributed by atoms with van der Waals surface area (Å²) in [6.07, 6.45) is -2.50. The Bertz CT molecular complexity index is 458. The van der Waals surface area contributed by atoms with Crippen molar-refractivity contribution in [1.82, 2.24) is 0 Å². The third-order valence-corrected chi connectivity index (χ3v) is 2.18. The summed E-state index contributed by atoms with van der Waals surface area (Å²) in [5, 5.41) is 0. The molecule has 2 nitrogen and oxygen atoms in total. The normalized spacial score (nSPS) is 10.9. The van der Waals surface area contributed by atoms with Crippen molar-refractivity contribution in [2.75, 3.05) is 6.61 Å². The number of carbonyl (C=O) groups is 1. The smallest absolute Gasteiger partial charge is 0.419 e. The minimum atomic E-state index is -4.54. The van der Waals surface area contributed by atoms with Gasteiger partial charge in [0.1, 0.15) is 18.6 Å². The Kier molecular flexibility index (Phi) is 4.53. The lowest BCUT2D eigenvalue weighted by Crippen LogP contribution is -2.09. The van der Waals surface area contributed by atoms with Gasteiger partial charge in [-0.2, -0.15) is 13.2 Å². The molecule has 0 saturated carbocycles. The highest BCUT2D eigenvalue weighted by atomic mass is 19.4. The van der Waals surface area contributed by atoms with Gasteiger partial charge in [-0.3, -0.25) is 4.79 Å². The Labute approximate surface area is 103 Å². The van der Waals surface area contributed by atoms with E-state index in [0.717, 1.165) is 17.7 Å². The van der Waals surface area contributed by atoms with Gasteiger partial charge < -0.3 is 4.74 Å². The fourth-order valence-corrected chi connectivity index (χ4v) is 1.27. The van der Waals surface area contributed by atoms with Crippen LogP contribution in [0.4, 0.5) is 13.2 Å². The average Bonchev–Trinajstić information content (AvgIpc) is 2.27. The molecule has 0 radical (unpaired) electrons. The molecule has 1 aromatic carbocycles. The predicted octanol–water partition coefficient (Wildman–Crippen LogP) is 3.86. The molecule has 1 rings (SSSR count). The van der Waals surface area contributed by atoms with Gasteiger partial charge in [-0.05, 0) is 38.1 Å². The minimum absolute atomic E-state index is 0.0307. The predicted molar refractivity (Wildman–Crippen MR) is 61.8 cm³/mol. The van der Waals surface area contributed by atoms with Gasteiger partial charge in [-0.25, -0.2) is 0 Å². The first-order valence-electron chi connectivity index (χ1n) is 5.27. The molecule has 0 N–H and O–H groups in total. The number of halogens is 3. The van der Waals surface area contributed by atoms with Crippen LogP contribution < -0.4 is 4.74 Å². The molecule has 18 heavy (non-hydrogen) atoms. The molecule has 98 valence electrons. The highest BCUT2D eigenvalue weighted by Crippen LogP contribution is 2.36. The van der Waals surface area contributed by atoms with E-state index in [9.17, 15) is 18.0 Å². The van der Waals surface area contributed by atoms with Crippen LogP contribution >= 0.6 is 0 Å². The number of aldehydes is 1. The molecule has 0 saturated heterocycles. The maximum Gasteiger partial charge on any atom is 0.419 e. The van der Waals surface area contributed by atoms with Gasteiger partial charge in [0.15, 0.2) is 0 Å². The Morgan fingerprint density at radius 1 is 1.33 bits per heavy atom. The number of rotatable bonds is 4. The molecular weight excluding hydrogens is 245 g/mol. The fraction of sp³-hybridized carbons (Fsp3) is 0.308. The first kappa shape index (κ1) is 14.3. The highest BCUT2D eigenvalue weighted by Gasteiger charge is 2.34. The van der Waals surface area contributed by atoms with Crippen LogP contribution in [0.5, 0.6) is 5.75 Å². The lowest BCUT2D eigenvalue weighted by Gasteiger charge is -2.13. The summed E-state index contributed by atoms with van der Waals surface area (Å²) < 4.78 is 43.3. The van der Waals surface area contributed by atoms with Crippen LogP contribution in [-0.4, -0.2) is 12.9 Å². The SMILES string of the molecule is CC(C)=CCOc1ccc(C=O)cc1C(F)(F)F. The van der Waals surface area contributed by atoms with E-state index in [1.165, 1.54) is 6.07 Å². The summed E-state index contributed by atoms with van der Waals surface area (Å²) in [4.78, 5) is 10.5. The Morgan fingerprint density at radius 2 is 2.00 bits per heavy atom. The molecule has 0 unspecified atom stereocenters. The topological polar surface area (TPSA) is 26.3 Å². The maximum atomic E-state index is 12.7. The van der Waals surface area contributed by atoms with Crippen LogP contribution in [0.1, 0.15) is 29.8 Å². The summed E-state index contributed by atoms with van der Waals surface area (Å²) in [5.74, 6) is -0.273. The second-order valence-corrected chi connectivity index (χ2v) is 3.96. The first-order valence-corrected chi connectivity index (χ1v) is 5.27.